The molecule has 66 heavy (non-hydrogen) atoms. The van der Waals surface area contributed by atoms with Crippen molar-refractivity contribution in [3.05, 3.63) is 29.8 Å². The van der Waals surface area contributed by atoms with Crippen LogP contribution in [0.5, 0.6) is 5.75 Å². The third-order valence-corrected chi connectivity index (χ3v) is 11.4. The zero-order chi connectivity index (χ0) is 49.7. The molecular weight excluding hydrogens is 891 g/mol. The van der Waals surface area contributed by atoms with Crippen molar-refractivity contribution in [3.8, 4) is 5.75 Å². The van der Waals surface area contributed by atoms with Crippen LogP contribution >= 0.6 is 0 Å². The molecule has 25 heteroatoms. The van der Waals surface area contributed by atoms with Gasteiger partial charge in [0, 0.05) is 43.0 Å². The van der Waals surface area contributed by atoms with Gasteiger partial charge in [0.1, 0.15) is 47.3 Å². The van der Waals surface area contributed by atoms with Gasteiger partial charge in [0.2, 0.25) is 53.2 Å². The first-order valence-electron chi connectivity index (χ1n) is 21.1. The molecular formula is C41H61N9O15S. The molecule has 366 valence electrons. The van der Waals surface area contributed by atoms with Crippen LogP contribution in [0, 0.1) is 5.92 Å². The summed E-state index contributed by atoms with van der Waals surface area (Å²) in [7, 11) is -2.16. The maximum atomic E-state index is 14.3. The van der Waals surface area contributed by atoms with Gasteiger partial charge in [-0.2, -0.15) is 0 Å². The van der Waals surface area contributed by atoms with Crippen molar-refractivity contribution in [2.75, 3.05) is 18.1 Å². The molecule has 9 amide bonds. The number of rotatable bonds is 14. The molecule has 0 bridgehead atoms. The Morgan fingerprint density at radius 3 is 1.98 bits per heavy atom. The Kier molecular flexibility index (Phi) is 22.7. The van der Waals surface area contributed by atoms with Crippen molar-refractivity contribution >= 4 is 75.9 Å². The lowest BCUT2D eigenvalue weighted by Gasteiger charge is -2.33. The quantitative estimate of drug-likeness (QED) is 0.0874. The first-order chi connectivity index (χ1) is 30.9. The molecule has 0 aromatic heterocycles. The summed E-state index contributed by atoms with van der Waals surface area (Å²) < 4.78 is 13.1. The topological polar surface area (TPSA) is 402 Å². The van der Waals surface area contributed by atoms with Crippen LogP contribution in [0.3, 0.4) is 0 Å². The lowest BCUT2D eigenvalue weighted by Crippen LogP contribution is -2.64. The summed E-state index contributed by atoms with van der Waals surface area (Å²) in [6.45, 7) is 4.47. The number of aromatic hydroxyl groups is 1. The number of carboxylic acids is 2. The molecule has 1 aromatic carbocycles. The molecule has 1 aromatic rings. The number of phenolic OH excluding ortho intramolecular Hbond substituents is 1. The molecule has 0 aliphatic carbocycles. The fourth-order valence-corrected chi connectivity index (χ4v) is 7.67. The minimum Gasteiger partial charge on any atom is -0.508 e. The van der Waals surface area contributed by atoms with E-state index in [1.165, 1.54) is 24.3 Å². The second-order valence-electron chi connectivity index (χ2n) is 16.5. The van der Waals surface area contributed by atoms with Gasteiger partial charge >= 0.3 is 11.9 Å². The predicted molar refractivity (Wildman–Crippen MR) is 234 cm³/mol. The van der Waals surface area contributed by atoms with Crippen LogP contribution < -0.4 is 48.7 Å². The van der Waals surface area contributed by atoms with Gasteiger partial charge in [-0.05, 0) is 69.1 Å². The molecule has 1 aliphatic rings. The number of aliphatic carboxylic acids is 2. The van der Waals surface area contributed by atoms with E-state index in [0.29, 0.717) is 5.56 Å². The Balaban J connectivity index is 2.69. The minimum absolute atomic E-state index is 0.0623. The number of carbonyl (C=O) groups excluding carboxylic acids is 9. The fraction of sp³-hybridized carbons (Fsp3) is 0.585. The Morgan fingerprint density at radius 1 is 0.773 bits per heavy atom. The summed E-state index contributed by atoms with van der Waals surface area (Å²) in [5.41, 5.74) is 9.05. The summed E-state index contributed by atoms with van der Waals surface area (Å²) in [6.07, 6.45) is -3.14. The molecule has 0 unspecified atom stereocenters. The van der Waals surface area contributed by atoms with E-state index in [4.69, 9.17) is 11.5 Å². The Labute approximate surface area is 382 Å². The summed E-state index contributed by atoms with van der Waals surface area (Å²) in [5.74, 6) is -13.1. The number of amides is 9. The average molecular weight is 952 g/mol. The molecule has 14 N–H and O–H groups in total. The minimum atomic E-state index is -2.16. The highest BCUT2D eigenvalue weighted by Gasteiger charge is 2.40. The smallest absolute Gasteiger partial charge is 0.303 e. The van der Waals surface area contributed by atoms with Gasteiger partial charge < -0.3 is 64.0 Å². The van der Waals surface area contributed by atoms with Crippen molar-refractivity contribution < 1.29 is 72.3 Å². The van der Waals surface area contributed by atoms with E-state index in [2.05, 4.69) is 37.2 Å². The Hall–Kier alpha value is -6.66. The number of phenols is 1. The number of carboxylic acid groups (broad SMARTS) is 2. The highest BCUT2D eigenvalue weighted by Crippen LogP contribution is 2.18. The van der Waals surface area contributed by atoms with Crippen LogP contribution in [0.15, 0.2) is 24.3 Å². The molecule has 7 atom stereocenters. The molecule has 1 fully saturated rings. The second kappa shape index (κ2) is 27.0. The summed E-state index contributed by atoms with van der Waals surface area (Å²) in [5, 5.41) is 45.9. The second-order valence-corrected chi connectivity index (χ2v) is 18.0. The van der Waals surface area contributed by atoms with Crippen molar-refractivity contribution in [2.45, 2.75) is 127 Å². The van der Waals surface area contributed by atoms with Gasteiger partial charge in [0.15, 0.2) is 0 Å². The molecule has 2 rings (SSSR count). The SMILES string of the molecule is CC(C)C[C@@H]1NC(=O)[C@H](CCCC(=O)O)NC(=O)C[S@@](=O)C[C@@H](C(N)=O)NC(=O)CCCCNC(=O)[C@H](CC(N)=O)NC(=O)[C@@](C)(CCC(=O)O)NC(=O)[C@H](Cc2ccc(O)cc2)NC1=O. The van der Waals surface area contributed by atoms with E-state index in [1.54, 1.807) is 13.8 Å². The molecule has 1 heterocycles. The van der Waals surface area contributed by atoms with Crippen LogP contribution in [-0.2, 0) is 70.0 Å². The van der Waals surface area contributed by atoms with Crippen LogP contribution in [-0.4, -0.2) is 138 Å². The summed E-state index contributed by atoms with van der Waals surface area (Å²) in [6, 6.07) is -2.16. The van der Waals surface area contributed by atoms with Gasteiger partial charge in [-0.3, -0.25) is 56.9 Å². The molecule has 0 saturated carbocycles. The molecule has 0 radical (unpaired) electrons. The summed E-state index contributed by atoms with van der Waals surface area (Å²) >= 11 is 0. The fourth-order valence-electron chi connectivity index (χ4n) is 6.56. The maximum absolute atomic E-state index is 14.3. The molecule has 1 aliphatic heterocycles. The van der Waals surface area contributed by atoms with Gasteiger partial charge in [-0.1, -0.05) is 26.0 Å². The zero-order valence-corrected chi connectivity index (χ0v) is 37.8. The number of primary amides is 2. The van der Waals surface area contributed by atoms with Crippen LogP contribution in [0.4, 0.5) is 0 Å². The number of nitrogens with one attached hydrogen (secondary N) is 7. The van der Waals surface area contributed by atoms with Gasteiger partial charge in [-0.25, -0.2) is 0 Å². The van der Waals surface area contributed by atoms with Gasteiger partial charge in [0.25, 0.3) is 0 Å². The largest absolute Gasteiger partial charge is 0.508 e. The van der Waals surface area contributed by atoms with E-state index < -0.39 is 149 Å². The lowest BCUT2D eigenvalue weighted by atomic mass is 9.92. The Morgan fingerprint density at radius 2 is 1.39 bits per heavy atom. The summed E-state index contributed by atoms with van der Waals surface area (Å²) in [4.78, 5) is 143. The monoisotopic (exact) mass is 951 g/mol. The molecule has 1 saturated heterocycles. The number of hydrogen-bond acceptors (Lipinski definition) is 13. The zero-order valence-electron chi connectivity index (χ0n) is 37.0. The normalized spacial score (nSPS) is 25.1. The van der Waals surface area contributed by atoms with E-state index in [-0.39, 0.29) is 63.2 Å². The highest BCUT2D eigenvalue weighted by molar-refractivity contribution is 7.85. The van der Waals surface area contributed by atoms with E-state index in [0.717, 1.165) is 6.92 Å². The van der Waals surface area contributed by atoms with Crippen molar-refractivity contribution in [1.82, 2.24) is 37.2 Å². The van der Waals surface area contributed by atoms with E-state index in [1.807, 2.05) is 0 Å². The highest BCUT2D eigenvalue weighted by atomic mass is 32.2. The third-order valence-electron chi connectivity index (χ3n) is 10.1. The predicted octanol–water partition coefficient (Wildman–Crippen LogP) is -3.19. The van der Waals surface area contributed by atoms with Gasteiger partial charge in [0.05, 0.1) is 12.2 Å². The van der Waals surface area contributed by atoms with Crippen LogP contribution in [0.25, 0.3) is 0 Å². The number of nitrogens with two attached hydrogens (primary N) is 2. The van der Waals surface area contributed by atoms with Crippen molar-refractivity contribution in [2.24, 2.45) is 17.4 Å². The van der Waals surface area contributed by atoms with Gasteiger partial charge in [-0.15, -0.1) is 0 Å². The van der Waals surface area contributed by atoms with Crippen LogP contribution in [0.1, 0.15) is 90.5 Å². The van der Waals surface area contributed by atoms with E-state index in [9.17, 15) is 72.3 Å². The average Bonchev–Trinajstić information content (AvgIpc) is 3.21. The standard InChI is InChI=1S/C41H61N9O15S/c1-22(2)17-26-38(62)48-27(18-23-10-12-24(51)13-11-23)39(63)50-41(3,15-14-34(57)58)40(64)49-28(19-30(42)52)36(60)44-16-5-4-8-31(53)46-29(35(43)59)20-66(65)21-32(54)45-25(37(61)47-26)7-6-9-33(55)56/h10-13,22,25-29,51H,4-9,14-21H2,1-3H3,(H2,42,52)(H2,43,59)(H,44,60)(H,45,54)(H,46,53)(H,47,61)(H,48,62)(H,49,64)(H,50,63)(H,55,56)(H,57,58)/t25-,26-,27-,28-,29-,41+,66-/m0/s1. The van der Waals surface area contributed by atoms with Crippen molar-refractivity contribution in [1.29, 1.82) is 0 Å². The maximum Gasteiger partial charge on any atom is 0.303 e. The Bertz CT molecular complexity index is 1980. The lowest BCUT2D eigenvalue weighted by molar-refractivity contribution is -0.141. The number of hydrogen-bond donors (Lipinski definition) is 12. The van der Waals surface area contributed by atoms with Crippen LogP contribution in [0.2, 0.25) is 0 Å². The first-order valence-corrected chi connectivity index (χ1v) is 22.6. The molecule has 0 spiro atoms. The first kappa shape index (κ1) is 55.5. The van der Waals surface area contributed by atoms with E-state index >= 15 is 0 Å². The third kappa shape index (κ3) is 20.5. The number of benzene rings is 1. The number of carbonyl (C=O) groups is 11. The van der Waals surface area contributed by atoms with Crippen molar-refractivity contribution in [3.63, 3.8) is 0 Å². The molecule has 24 nitrogen and oxygen atoms in total.